The molecule has 1 unspecified atom stereocenters. The zero-order valence-corrected chi connectivity index (χ0v) is 11.2. The van der Waals surface area contributed by atoms with Crippen molar-refractivity contribution in [3.8, 4) is 11.6 Å². The number of halogens is 2. The molecule has 1 heterocycles. The minimum Gasteiger partial charge on any atom is -0.438 e. The number of aliphatic hydroxyl groups is 1. The Balaban J connectivity index is 2.26. The number of aromatic nitrogens is 1. The summed E-state index contributed by atoms with van der Waals surface area (Å²) in [5.74, 6) is 0.188. The lowest BCUT2D eigenvalue weighted by Gasteiger charge is -2.09. The van der Waals surface area contributed by atoms with Gasteiger partial charge in [0.15, 0.2) is 0 Å². The van der Waals surface area contributed by atoms with E-state index >= 15 is 0 Å². The highest BCUT2D eigenvalue weighted by Gasteiger charge is 2.10. The largest absolute Gasteiger partial charge is 0.438 e. The first-order chi connectivity index (χ1) is 8.58. The molecule has 0 radical (unpaired) electrons. The van der Waals surface area contributed by atoms with Gasteiger partial charge in [0.05, 0.1) is 10.6 Å². The maximum Gasteiger partial charge on any atom is 0.233 e. The molecule has 3 nitrogen and oxygen atoms in total. The van der Waals surface area contributed by atoms with E-state index in [0.717, 1.165) is 0 Å². The standard InChI is InChI=1S/C13H11BrFNO2/c1-8(17)10-5-4-9(7-12(10)15)18-13-11(14)3-2-6-16-13/h2-8,17H,1H3. The molecule has 1 N–H and O–H groups in total. The van der Waals surface area contributed by atoms with Crippen molar-refractivity contribution in [2.45, 2.75) is 13.0 Å². The fourth-order valence-corrected chi connectivity index (χ4v) is 1.80. The highest BCUT2D eigenvalue weighted by atomic mass is 79.9. The molecule has 0 saturated carbocycles. The number of hydrogen-bond acceptors (Lipinski definition) is 3. The van der Waals surface area contributed by atoms with Crippen LogP contribution >= 0.6 is 15.9 Å². The van der Waals surface area contributed by atoms with Crippen LogP contribution in [-0.4, -0.2) is 10.1 Å². The third kappa shape index (κ3) is 2.86. The summed E-state index contributed by atoms with van der Waals surface area (Å²) >= 11 is 3.29. The lowest BCUT2D eigenvalue weighted by Crippen LogP contribution is -1.96. The topological polar surface area (TPSA) is 42.4 Å². The van der Waals surface area contributed by atoms with Crippen LogP contribution in [-0.2, 0) is 0 Å². The molecule has 1 atom stereocenters. The first kappa shape index (κ1) is 13.0. The second-order valence-electron chi connectivity index (χ2n) is 3.75. The van der Waals surface area contributed by atoms with E-state index in [1.807, 2.05) is 0 Å². The number of pyridine rings is 1. The molecule has 2 aromatic rings. The zero-order valence-electron chi connectivity index (χ0n) is 9.60. The van der Waals surface area contributed by atoms with Gasteiger partial charge in [-0.05, 0) is 47.1 Å². The number of nitrogens with zero attached hydrogens (tertiary/aromatic N) is 1. The Hall–Kier alpha value is -1.46. The zero-order chi connectivity index (χ0) is 13.1. The van der Waals surface area contributed by atoms with Crippen LogP contribution in [0.5, 0.6) is 11.6 Å². The predicted molar refractivity (Wildman–Crippen MR) is 69.0 cm³/mol. The fourth-order valence-electron chi connectivity index (χ4n) is 1.47. The fraction of sp³-hybridized carbons (Fsp3) is 0.154. The number of ether oxygens (including phenoxy) is 1. The molecular formula is C13H11BrFNO2. The van der Waals surface area contributed by atoms with Gasteiger partial charge in [-0.2, -0.15) is 0 Å². The van der Waals surface area contributed by atoms with E-state index in [-0.39, 0.29) is 5.56 Å². The molecule has 2 rings (SSSR count). The average Bonchev–Trinajstić information content (AvgIpc) is 2.32. The maximum absolute atomic E-state index is 13.6. The smallest absolute Gasteiger partial charge is 0.233 e. The van der Waals surface area contributed by atoms with E-state index in [1.54, 1.807) is 24.4 Å². The average molecular weight is 312 g/mol. The molecule has 1 aromatic carbocycles. The van der Waals surface area contributed by atoms with Crippen LogP contribution in [0.15, 0.2) is 41.0 Å². The van der Waals surface area contributed by atoms with Gasteiger partial charge in [0, 0.05) is 17.8 Å². The second-order valence-corrected chi connectivity index (χ2v) is 4.61. The summed E-state index contributed by atoms with van der Waals surface area (Å²) in [6.45, 7) is 1.51. The predicted octanol–water partition coefficient (Wildman–Crippen LogP) is 3.83. The first-order valence-electron chi connectivity index (χ1n) is 5.34. The Morgan fingerprint density at radius 1 is 1.39 bits per heavy atom. The summed E-state index contributed by atoms with van der Waals surface area (Å²) in [7, 11) is 0. The molecule has 0 aliphatic rings. The van der Waals surface area contributed by atoms with Crippen LogP contribution in [0.25, 0.3) is 0 Å². The lowest BCUT2D eigenvalue weighted by molar-refractivity contribution is 0.194. The second kappa shape index (κ2) is 5.46. The van der Waals surface area contributed by atoms with Crippen molar-refractivity contribution in [1.82, 2.24) is 4.98 Å². The van der Waals surface area contributed by atoms with Gasteiger partial charge < -0.3 is 9.84 Å². The molecule has 94 valence electrons. The molecule has 0 fully saturated rings. The molecule has 0 bridgehead atoms. The summed E-state index contributed by atoms with van der Waals surface area (Å²) in [5, 5.41) is 9.33. The molecule has 5 heteroatoms. The molecule has 18 heavy (non-hydrogen) atoms. The van der Waals surface area contributed by atoms with Gasteiger partial charge in [-0.3, -0.25) is 0 Å². The monoisotopic (exact) mass is 311 g/mol. The minimum atomic E-state index is -0.847. The molecule has 1 aromatic heterocycles. The summed E-state index contributed by atoms with van der Waals surface area (Å²) in [5.41, 5.74) is 0.238. The first-order valence-corrected chi connectivity index (χ1v) is 6.13. The molecule has 0 amide bonds. The number of benzene rings is 1. The van der Waals surface area contributed by atoms with Gasteiger partial charge in [-0.25, -0.2) is 9.37 Å². The normalized spacial score (nSPS) is 12.2. The van der Waals surface area contributed by atoms with Gasteiger partial charge in [-0.15, -0.1) is 0 Å². The van der Waals surface area contributed by atoms with Crippen LogP contribution in [0.2, 0.25) is 0 Å². The van der Waals surface area contributed by atoms with Crippen molar-refractivity contribution in [2.24, 2.45) is 0 Å². The van der Waals surface area contributed by atoms with Crippen molar-refractivity contribution in [3.05, 3.63) is 52.4 Å². The Kier molecular flexibility index (Phi) is 3.93. The highest BCUT2D eigenvalue weighted by molar-refractivity contribution is 9.10. The quantitative estimate of drug-likeness (QED) is 0.936. The third-order valence-corrected chi connectivity index (χ3v) is 2.96. The van der Waals surface area contributed by atoms with E-state index in [4.69, 9.17) is 4.74 Å². The Morgan fingerprint density at radius 3 is 2.78 bits per heavy atom. The van der Waals surface area contributed by atoms with Crippen molar-refractivity contribution >= 4 is 15.9 Å². The van der Waals surface area contributed by atoms with Crippen molar-refractivity contribution in [2.75, 3.05) is 0 Å². The summed E-state index contributed by atoms with van der Waals surface area (Å²) in [6.07, 6.45) is 0.737. The molecule has 0 aliphatic carbocycles. The van der Waals surface area contributed by atoms with E-state index < -0.39 is 11.9 Å². The summed E-state index contributed by atoms with van der Waals surface area (Å²) in [6, 6.07) is 7.85. The number of aliphatic hydroxyl groups excluding tert-OH is 1. The number of rotatable bonds is 3. The third-order valence-electron chi connectivity index (χ3n) is 2.36. The van der Waals surface area contributed by atoms with Crippen LogP contribution < -0.4 is 4.74 Å². The summed E-state index contributed by atoms with van der Waals surface area (Å²) in [4.78, 5) is 4.02. The van der Waals surface area contributed by atoms with Crippen LogP contribution in [0.3, 0.4) is 0 Å². The van der Waals surface area contributed by atoms with Gasteiger partial charge in [0.1, 0.15) is 11.6 Å². The van der Waals surface area contributed by atoms with E-state index in [0.29, 0.717) is 16.1 Å². The lowest BCUT2D eigenvalue weighted by atomic mass is 10.1. The van der Waals surface area contributed by atoms with Crippen LogP contribution in [0.4, 0.5) is 4.39 Å². The SMILES string of the molecule is CC(O)c1ccc(Oc2ncccc2Br)cc1F. The van der Waals surface area contributed by atoms with Crippen molar-refractivity contribution in [1.29, 1.82) is 0 Å². The molecular weight excluding hydrogens is 301 g/mol. The Labute approximate surface area is 112 Å². The Morgan fingerprint density at radius 2 is 2.17 bits per heavy atom. The molecule has 0 spiro atoms. The van der Waals surface area contributed by atoms with Gasteiger partial charge in [-0.1, -0.05) is 0 Å². The molecule has 0 saturated heterocycles. The van der Waals surface area contributed by atoms with E-state index in [2.05, 4.69) is 20.9 Å². The van der Waals surface area contributed by atoms with Crippen molar-refractivity contribution < 1.29 is 14.2 Å². The van der Waals surface area contributed by atoms with Gasteiger partial charge >= 0.3 is 0 Å². The van der Waals surface area contributed by atoms with Crippen molar-refractivity contribution in [3.63, 3.8) is 0 Å². The number of hydrogen-bond donors (Lipinski definition) is 1. The van der Waals surface area contributed by atoms with Crippen LogP contribution in [0, 0.1) is 5.82 Å². The minimum absolute atomic E-state index is 0.238. The van der Waals surface area contributed by atoms with E-state index in [9.17, 15) is 9.50 Å². The van der Waals surface area contributed by atoms with E-state index in [1.165, 1.54) is 19.1 Å². The molecule has 0 aliphatic heterocycles. The van der Waals surface area contributed by atoms with Crippen LogP contribution in [0.1, 0.15) is 18.6 Å². The summed E-state index contributed by atoms with van der Waals surface area (Å²) < 4.78 is 19.8. The maximum atomic E-state index is 13.6. The van der Waals surface area contributed by atoms with Gasteiger partial charge in [0.2, 0.25) is 5.88 Å². The Bertz CT molecular complexity index is 560. The highest BCUT2D eigenvalue weighted by Crippen LogP contribution is 2.28. The van der Waals surface area contributed by atoms with Gasteiger partial charge in [0.25, 0.3) is 0 Å².